The quantitative estimate of drug-likeness (QED) is 0.774. The zero-order valence-electron chi connectivity index (χ0n) is 11.4. The molecule has 1 heterocycles. The van der Waals surface area contributed by atoms with E-state index in [4.69, 9.17) is 11.6 Å². The number of aromatic nitrogens is 2. The standard InChI is InChI=1S/C14H18ClFN2S/c1-14(2,19-3)9-18-12-5-4-10(16)8-11(12)17-13(18)6-7-15/h4-5,8H,6-7,9H2,1-3H3. The lowest BCUT2D eigenvalue weighted by molar-refractivity contribution is 0.561. The molecule has 1 aromatic carbocycles. The summed E-state index contributed by atoms with van der Waals surface area (Å²) in [6, 6.07) is 4.76. The molecule has 0 aliphatic heterocycles. The van der Waals surface area contributed by atoms with Crippen LogP contribution in [-0.2, 0) is 13.0 Å². The Balaban J connectivity index is 2.52. The van der Waals surface area contributed by atoms with Crippen molar-refractivity contribution >= 4 is 34.4 Å². The second-order valence-corrected chi connectivity index (χ2v) is 7.04. The number of aryl methyl sites for hydroxylation is 1. The van der Waals surface area contributed by atoms with E-state index in [1.54, 1.807) is 6.07 Å². The van der Waals surface area contributed by atoms with Crippen LogP contribution in [0.4, 0.5) is 4.39 Å². The Morgan fingerprint density at radius 1 is 1.42 bits per heavy atom. The Morgan fingerprint density at radius 3 is 2.79 bits per heavy atom. The van der Waals surface area contributed by atoms with Gasteiger partial charge in [0.1, 0.15) is 11.6 Å². The Bertz CT molecular complexity index is 580. The highest BCUT2D eigenvalue weighted by atomic mass is 35.5. The van der Waals surface area contributed by atoms with Gasteiger partial charge in [-0.05, 0) is 32.2 Å². The molecule has 1 aromatic heterocycles. The summed E-state index contributed by atoms with van der Waals surface area (Å²) in [6.45, 7) is 5.22. The summed E-state index contributed by atoms with van der Waals surface area (Å²) in [5, 5.41) is 0. The van der Waals surface area contributed by atoms with E-state index in [0.29, 0.717) is 17.8 Å². The average molecular weight is 301 g/mol. The molecular weight excluding hydrogens is 283 g/mol. The van der Waals surface area contributed by atoms with Gasteiger partial charge in [-0.2, -0.15) is 11.8 Å². The Labute approximate surface area is 122 Å². The second kappa shape index (κ2) is 5.71. The fraction of sp³-hybridized carbons (Fsp3) is 0.500. The van der Waals surface area contributed by atoms with E-state index in [9.17, 15) is 4.39 Å². The normalized spacial score (nSPS) is 12.3. The summed E-state index contributed by atoms with van der Waals surface area (Å²) in [5.74, 6) is 1.20. The van der Waals surface area contributed by atoms with E-state index in [1.807, 2.05) is 11.8 Å². The fourth-order valence-corrected chi connectivity index (χ4v) is 2.48. The summed E-state index contributed by atoms with van der Waals surface area (Å²) in [4.78, 5) is 4.51. The molecule has 0 radical (unpaired) electrons. The monoisotopic (exact) mass is 300 g/mol. The van der Waals surface area contributed by atoms with Crippen LogP contribution in [0.15, 0.2) is 18.2 Å². The van der Waals surface area contributed by atoms with Gasteiger partial charge in [0.05, 0.1) is 11.0 Å². The fourth-order valence-electron chi connectivity index (χ4n) is 2.05. The van der Waals surface area contributed by atoms with Crippen molar-refractivity contribution in [3.05, 3.63) is 29.8 Å². The molecule has 0 bridgehead atoms. The lowest BCUT2D eigenvalue weighted by Crippen LogP contribution is -2.23. The van der Waals surface area contributed by atoms with E-state index >= 15 is 0 Å². The minimum absolute atomic E-state index is 0.100. The van der Waals surface area contributed by atoms with Crippen molar-refractivity contribution in [2.75, 3.05) is 12.1 Å². The maximum absolute atomic E-state index is 13.3. The first kappa shape index (κ1) is 14.7. The molecule has 0 N–H and O–H groups in total. The predicted molar refractivity (Wildman–Crippen MR) is 81.7 cm³/mol. The molecular formula is C14H18ClFN2S. The largest absolute Gasteiger partial charge is 0.327 e. The van der Waals surface area contributed by atoms with Crippen LogP contribution in [0.2, 0.25) is 0 Å². The maximum Gasteiger partial charge on any atom is 0.125 e. The van der Waals surface area contributed by atoms with Crippen LogP contribution < -0.4 is 0 Å². The number of hydrogen-bond donors (Lipinski definition) is 0. The van der Waals surface area contributed by atoms with Gasteiger partial charge in [0.15, 0.2) is 0 Å². The molecule has 0 amide bonds. The van der Waals surface area contributed by atoms with Crippen LogP contribution in [0.3, 0.4) is 0 Å². The Hall–Kier alpha value is -0.740. The first-order chi connectivity index (χ1) is 8.96. The van der Waals surface area contributed by atoms with Crippen LogP contribution in [0.25, 0.3) is 11.0 Å². The molecule has 5 heteroatoms. The zero-order chi connectivity index (χ0) is 14.0. The molecule has 0 saturated heterocycles. The van der Waals surface area contributed by atoms with E-state index in [-0.39, 0.29) is 10.6 Å². The number of imidazole rings is 1. The molecule has 0 saturated carbocycles. The van der Waals surface area contributed by atoms with Gasteiger partial charge < -0.3 is 4.57 Å². The highest BCUT2D eigenvalue weighted by Crippen LogP contribution is 2.27. The van der Waals surface area contributed by atoms with E-state index in [0.717, 1.165) is 17.9 Å². The predicted octanol–water partition coefficient (Wildman–Crippen LogP) is 4.10. The molecule has 0 aliphatic carbocycles. The second-order valence-electron chi connectivity index (χ2n) is 5.15. The topological polar surface area (TPSA) is 17.8 Å². The molecule has 0 spiro atoms. The SMILES string of the molecule is CSC(C)(C)Cn1c(CCCl)nc2cc(F)ccc21. The van der Waals surface area contributed by atoms with Gasteiger partial charge >= 0.3 is 0 Å². The van der Waals surface area contributed by atoms with Crippen molar-refractivity contribution < 1.29 is 4.39 Å². The molecule has 0 atom stereocenters. The first-order valence-corrected chi connectivity index (χ1v) is 7.98. The van der Waals surface area contributed by atoms with E-state index in [2.05, 4.69) is 29.7 Å². The molecule has 2 aromatic rings. The summed E-state index contributed by atoms with van der Waals surface area (Å²) >= 11 is 7.65. The number of hydrogen-bond acceptors (Lipinski definition) is 2. The van der Waals surface area contributed by atoms with Crippen LogP contribution in [0, 0.1) is 5.82 Å². The van der Waals surface area contributed by atoms with Gasteiger partial charge in [0.2, 0.25) is 0 Å². The zero-order valence-corrected chi connectivity index (χ0v) is 13.0. The summed E-state index contributed by atoms with van der Waals surface area (Å²) in [6.07, 6.45) is 2.79. The van der Waals surface area contributed by atoms with Gasteiger partial charge in [0.25, 0.3) is 0 Å². The summed E-state index contributed by atoms with van der Waals surface area (Å²) in [5.41, 5.74) is 1.68. The van der Waals surface area contributed by atoms with Gasteiger partial charge in [0, 0.05) is 29.7 Å². The number of alkyl halides is 1. The maximum atomic E-state index is 13.3. The molecule has 104 valence electrons. The number of fused-ring (bicyclic) bond motifs is 1. The highest BCUT2D eigenvalue weighted by molar-refractivity contribution is 7.99. The van der Waals surface area contributed by atoms with Crippen LogP contribution in [-0.4, -0.2) is 26.4 Å². The summed E-state index contributed by atoms with van der Waals surface area (Å²) < 4.78 is 15.5. The lowest BCUT2D eigenvalue weighted by Gasteiger charge is -2.24. The van der Waals surface area contributed by atoms with E-state index < -0.39 is 0 Å². The molecule has 0 fully saturated rings. The summed E-state index contributed by atoms with van der Waals surface area (Å²) in [7, 11) is 0. The van der Waals surface area contributed by atoms with Crippen LogP contribution >= 0.6 is 23.4 Å². The number of halogens is 2. The van der Waals surface area contributed by atoms with Gasteiger partial charge in [-0.3, -0.25) is 0 Å². The molecule has 2 rings (SSSR count). The molecule has 0 aliphatic rings. The van der Waals surface area contributed by atoms with Crippen LogP contribution in [0.5, 0.6) is 0 Å². The van der Waals surface area contributed by atoms with Crippen molar-refractivity contribution in [3.8, 4) is 0 Å². The average Bonchev–Trinajstić information content (AvgIpc) is 2.67. The van der Waals surface area contributed by atoms with Gasteiger partial charge in [-0.1, -0.05) is 0 Å². The third-order valence-corrected chi connectivity index (χ3v) is 4.62. The minimum Gasteiger partial charge on any atom is -0.327 e. The Kier molecular flexibility index (Phi) is 4.41. The lowest BCUT2D eigenvalue weighted by atomic mass is 10.2. The molecule has 19 heavy (non-hydrogen) atoms. The third kappa shape index (κ3) is 3.23. The van der Waals surface area contributed by atoms with Crippen molar-refractivity contribution in [2.45, 2.75) is 31.6 Å². The van der Waals surface area contributed by atoms with Crippen molar-refractivity contribution in [1.29, 1.82) is 0 Å². The van der Waals surface area contributed by atoms with E-state index in [1.165, 1.54) is 12.1 Å². The number of benzene rings is 1. The van der Waals surface area contributed by atoms with Crippen molar-refractivity contribution in [2.24, 2.45) is 0 Å². The Morgan fingerprint density at radius 2 is 2.16 bits per heavy atom. The minimum atomic E-state index is -0.251. The number of thioether (sulfide) groups is 1. The van der Waals surface area contributed by atoms with Gasteiger partial charge in [-0.25, -0.2) is 9.37 Å². The van der Waals surface area contributed by atoms with Crippen molar-refractivity contribution in [3.63, 3.8) is 0 Å². The first-order valence-electron chi connectivity index (χ1n) is 6.22. The highest BCUT2D eigenvalue weighted by Gasteiger charge is 2.20. The smallest absolute Gasteiger partial charge is 0.125 e. The van der Waals surface area contributed by atoms with Crippen molar-refractivity contribution in [1.82, 2.24) is 9.55 Å². The number of nitrogens with zero attached hydrogens (tertiary/aromatic N) is 2. The number of rotatable bonds is 5. The third-order valence-electron chi connectivity index (χ3n) is 3.20. The molecule has 0 unspecified atom stereocenters. The van der Waals surface area contributed by atoms with Crippen LogP contribution in [0.1, 0.15) is 19.7 Å². The molecule has 2 nitrogen and oxygen atoms in total. The van der Waals surface area contributed by atoms with Gasteiger partial charge in [-0.15, -0.1) is 11.6 Å².